The molecule has 0 fully saturated rings. The minimum absolute atomic E-state index is 1.17. The lowest BCUT2D eigenvalue weighted by Gasteiger charge is -2.07. The third kappa shape index (κ3) is 2.76. The average Bonchev–Trinajstić information content (AvgIpc) is 2.54. The third-order valence-electron chi connectivity index (χ3n) is 4.48. The van der Waals surface area contributed by atoms with Gasteiger partial charge in [-0.15, -0.1) is 0 Å². The van der Waals surface area contributed by atoms with Gasteiger partial charge in [0, 0.05) is 23.1 Å². The zero-order valence-electron chi connectivity index (χ0n) is 13.8. The maximum atomic E-state index is 2.35. The number of fused-ring (bicyclic) bond motifs is 1. The van der Waals surface area contributed by atoms with Crippen molar-refractivity contribution in [2.24, 2.45) is 7.05 Å². The van der Waals surface area contributed by atoms with Gasteiger partial charge in [-0.2, -0.15) is 4.57 Å². The molecule has 1 heteroatoms. The van der Waals surface area contributed by atoms with E-state index >= 15 is 0 Å². The molecular formula is C21H24N+. The quantitative estimate of drug-likeness (QED) is 0.596. The molecule has 0 radical (unpaired) electrons. The van der Waals surface area contributed by atoms with Crippen molar-refractivity contribution < 1.29 is 4.57 Å². The van der Waals surface area contributed by atoms with Gasteiger partial charge in [0.05, 0.1) is 0 Å². The van der Waals surface area contributed by atoms with Crippen LogP contribution in [-0.2, 0) is 13.5 Å². The molecule has 0 N–H and O–H groups in total. The molecule has 3 rings (SSSR count). The molecule has 0 spiro atoms. The van der Waals surface area contributed by atoms with E-state index in [9.17, 15) is 0 Å². The second kappa shape index (κ2) is 6.31. The van der Waals surface area contributed by atoms with Gasteiger partial charge in [-0.25, -0.2) is 0 Å². The monoisotopic (exact) mass is 290 g/mol. The van der Waals surface area contributed by atoms with Crippen molar-refractivity contribution in [2.75, 3.05) is 0 Å². The number of aromatic nitrogens is 1. The number of rotatable bonds is 4. The molecule has 112 valence electrons. The molecule has 1 heterocycles. The molecule has 1 aromatic heterocycles. The minimum Gasteiger partial charge on any atom is -0.194 e. The Morgan fingerprint density at radius 1 is 0.955 bits per heavy atom. The first-order chi connectivity index (χ1) is 10.7. The van der Waals surface area contributed by atoms with Crippen LogP contribution in [0.5, 0.6) is 0 Å². The van der Waals surface area contributed by atoms with Crippen LogP contribution in [-0.4, -0.2) is 0 Å². The second-order valence-corrected chi connectivity index (χ2v) is 6.09. The average molecular weight is 290 g/mol. The molecule has 0 saturated carbocycles. The van der Waals surface area contributed by atoms with Gasteiger partial charge in [0.2, 0.25) is 11.2 Å². The summed E-state index contributed by atoms with van der Waals surface area (Å²) in [6.45, 7) is 4.43. The number of pyridine rings is 1. The fraction of sp³-hybridized carbons (Fsp3) is 0.286. The van der Waals surface area contributed by atoms with Crippen LogP contribution in [0.1, 0.15) is 30.9 Å². The van der Waals surface area contributed by atoms with Gasteiger partial charge in [-0.1, -0.05) is 37.6 Å². The minimum atomic E-state index is 1.17. The van der Waals surface area contributed by atoms with Crippen molar-refractivity contribution in [3.8, 4) is 11.3 Å². The molecule has 0 bridgehead atoms. The molecule has 0 saturated heterocycles. The highest BCUT2D eigenvalue weighted by atomic mass is 14.9. The standard InChI is InChI=1S/C21H24N/c1-4-5-9-17-11-12-18-13-14-20(22(3)21(18)15-17)19-10-7-6-8-16(19)2/h6-8,10-15H,4-5,9H2,1-3H3/q+1. The van der Waals surface area contributed by atoms with Crippen LogP contribution in [0.4, 0.5) is 0 Å². The van der Waals surface area contributed by atoms with Gasteiger partial charge in [-0.3, -0.25) is 0 Å². The van der Waals surface area contributed by atoms with E-state index in [-0.39, 0.29) is 0 Å². The van der Waals surface area contributed by atoms with Gasteiger partial charge in [-0.05, 0) is 49.1 Å². The van der Waals surface area contributed by atoms with Crippen LogP contribution in [0.15, 0.2) is 54.6 Å². The zero-order chi connectivity index (χ0) is 15.5. The largest absolute Gasteiger partial charge is 0.213 e. The molecule has 0 amide bonds. The Morgan fingerprint density at radius 2 is 1.73 bits per heavy atom. The number of aryl methyl sites for hydroxylation is 3. The molecule has 0 aliphatic carbocycles. The molecule has 0 unspecified atom stereocenters. The maximum absolute atomic E-state index is 2.35. The summed E-state index contributed by atoms with van der Waals surface area (Å²) in [5.41, 5.74) is 6.66. The summed E-state index contributed by atoms with van der Waals surface area (Å²) in [7, 11) is 2.17. The highest BCUT2D eigenvalue weighted by molar-refractivity contribution is 5.78. The summed E-state index contributed by atoms with van der Waals surface area (Å²) in [6, 6.07) is 19.9. The van der Waals surface area contributed by atoms with Crippen LogP contribution < -0.4 is 4.57 Å². The molecule has 2 aromatic carbocycles. The van der Waals surface area contributed by atoms with Gasteiger partial charge in [0.25, 0.3) is 0 Å². The van der Waals surface area contributed by atoms with E-state index in [1.54, 1.807) is 0 Å². The first kappa shape index (κ1) is 14.8. The van der Waals surface area contributed by atoms with E-state index in [4.69, 9.17) is 0 Å². The van der Waals surface area contributed by atoms with E-state index in [0.29, 0.717) is 0 Å². The number of hydrogen-bond acceptors (Lipinski definition) is 0. The van der Waals surface area contributed by atoms with E-state index in [1.165, 1.54) is 52.5 Å². The Balaban J connectivity index is 2.13. The SMILES string of the molecule is CCCCc1ccc2ccc(-c3ccccc3C)[n+](C)c2c1. The summed E-state index contributed by atoms with van der Waals surface area (Å²) < 4.78 is 2.33. The van der Waals surface area contributed by atoms with Crippen molar-refractivity contribution in [2.45, 2.75) is 33.1 Å². The molecule has 22 heavy (non-hydrogen) atoms. The molecule has 0 aliphatic heterocycles. The fourth-order valence-corrected chi connectivity index (χ4v) is 3.10. The molecular weight excluding hydrogens is 266 g/mol. The highest BCUT2D eigenvalue weighted by Crippen LogP contribution is 2.23. The van der Waals surface area contributed by atoms with Crippen LogP contribution in [0.3, 0.4) is 0 Å². The predicted molar refractivity (Wildman–Crippen MR) is 93.9 cm³/mol. The zero-order valence-corrected chi connectivity index (χ0v) is 13.8. The van der Waals surface area contributed by atoms with Crippen LogP contribution >= 0.6 is 0 Å². The van der Waals surface area contributed by atoms with Crippen molar-refractivity contribution in [1.82, 2.24) is 0 Å². The van der Waals surface area contributed by atoms with Crippen molar-refractivity contribution in [3.63, 3.8) is 0 Å². The fourth-order valence-electron chi connectivity index (χ4n) is 3.10. The van der Waals surface area contributed by atoms with Crippen molar-refractivity contribution >= 4 is 10.9 Å². The van der Waals surface area contributed by atoms with Crippen molar-refractivity contribution in [3.05, 3.63) is 65.7 Å². The van der Waals surface area contributed by atoms with Gasteiger partial charge >= 0.3 is 0 Å². The van der Waals surface area contributed by atoms with Gasteiger partial charge < -0.3 is 0 Å². The van der Waals surface area contributed by atoms with Crippen LogP contribution in [0, 0.1) is 6.92 Å². The summed E-state index contributed by atoms with van der Waals surface area (Å²) in [4.78, 5) is 0. The van der Waals surface area contributed by atoms with E-state index in [2.05, 4.69) is 80.1 Å². The normalized spacial score (nSPS) is 11.0. The Bertz CT molecular complexity index is 802. The lowest BCUT2D eigenvalue weighted by atomic mass is 10.0. The molecule has 0 aliphatic rings. The highest BCUT2D eigenvalue weighted by Gasteiger charge is 2.15. The smallest absolute Gasteiger partial charge is 0.194 e. The molecule has 1 nitrogen and oxygen atoms in total. The first-order valence-corrected chi connectivity index (χ1v) is 8.18. The van der Waals surface area contributed by atoms with Crippen LogP contribution in [0.25, 0.3) is 22.2 Å². The van der Waals surface area contributed by atoms with Crippen LogP contribution in [0.2, 0.25) is 0 Å². The third-order valence-corrected chi connectivity index (χ3v) is 4.48. The second-order valence-electron chi connectivity index (χ2n) is 6.09. The lowest BCUT2D eigenvalue weighted by Crippen LogP contribution is -2.32. The maximum Gasteiger partial charge on any atom is 0.213 e. The van der Waals surface area contributed by atoms with Gasteiger partial charge in [0.1, 0.15) is 7.05 Å². The Morgan fingerprint density at radius 3 is 2.50 bits per heavy atom. The summed E-state index contributed by atoms with van der Waals surface area (Å²) >= 11 is 0. The summed E-state index contributed by atoms with van der Waals surface area (Å²) in [5, 5.41) is 1.31. The van der Waals surface area contributed by atoms with E-state index < -0.39 is 0 Å². The lowest BCUT2D eigenvalue weighted by molar-refractivity contribution is -0.633. The Kier molecular flexibility index (Phi) is 4.24. The number of nitrogens with zero attached hydrogens (tertiary/aromatic N) is 1. The molecule has 3 aromatic rings. The van der Waals surface area contributed by atoms with Crippen molar-refractivity contribution in [1.29, 1.82) is 0 Å². The first-order valence-electron chi connectivity index (χ1n) is 8.18. The van der Waals surface area contributed by atoms with Gasteiger partial charge in [0.15, 0.2) is 0 Å². The van der Waals surface area contributed by atoms with E-state index in [1.807, 2.05) is 0 Å². The summed E-state index contributed by atoms with van der Waals surface area (Å²) in [5.74, 6) is 0. The predicted octanol–water partition coefficient (Wildman–Crippen LogP) is 4.98. The topological polar surface area (TPSA) is 3.88 Å². The Labute approximate surface area is 133 Å². The number of hydrogen-bond donors (Lipinski definition) is 0. The number of unbranched alkanes of at least 4 members (excludes halogenated alkanes) is 1. The molecule has 0 atom stereocenters. The number of benzene rings is 2. The van der Waals surface area contributed by atoms with E-state index in [0.717, 1.165) is 0 Å². The summed E-state index contributed by atoms with van der Waals surface area (Å²) in [6.07, 6.45) is 3.67. The Hall–Kier alpha value is -2.15.